The molecule has 2 N–H and O–H groups in total. The van der Waals surface area contributed by atoms with Gasteiger partial charge in [0.15, 0.2) is 9.84 Å². The average Bonchev–Trinajstić information content (AvgIpc) is 2.28. The Labute approximate surface area is 117 Å². The van der Waals surface area contributed by atoms with Crippen LogP contribution in [-0.4, -0.2) is 36.0 Å². The van der Waals surface area contributed by atoms with Gasteiger partial charge in [0.25, 0.3) is 0 Å². The van der Waals surface area contributed by atoms with Crippen LogP contribution in [-0.2, 0) is 9.84 Å². The Morgan fingerprint density at radius 2 is 1.90 bits per heavy atom. The third kappa shape index (κ3) is 4.01. The molecule has 0 atom stereocenters. The summed E-state index contributed by atoms with van der Waals surface area (Å²) < 4.78 is 37.8. The van der Waals surface area contributed by atoms with Crippen LogP contribution < -0.4 is 0 Å². The number of aromatic carboxylic acids is 1. The summed E-state index contributed by atoms with van der Waals surface area (Å²) in [4.78, 5) is 10.6. The van der Waals surface area contributed by atoms with Crippen LogP contribution in [0.15, 0.2) is 17.0 Å². The molecule has 0 saturated heterocycles. The van der Waals surface area contributed by atoms with Crippen molar-refractivity contribution < 1.29 is 27.8 Å². The van der Waals surface area contributed by atoms with Crippen LogP contribution >= 0.6 is 0 Å². The van der Waals surface area contributed by atoms with Crippen LogP contribution in [0.25, 0.3) is 0 Å². The SMILES string of the molecule is Cc1cc(S(=O)(=O)CCC(C)(C)O)cc(C(=O)O)c1F. The number of carboxylic acid groups (broad SMARTS) is 1. The zero-order valence-electron chi connectivity index (χ0n) is 11.5. The molecule has 7 heteroatoms. The van der Waals surface area contributed by atoms with Gasteiger partial charge in [-0.25, -0.2) is 17.6 Å². The minimum absolute atomic E-state index is 0.00579. The van der Waals surface area contributed by atoms with E-state index in [4.69, 9.17) is 5.11 Å². The number of carbonyl (C=O) groups is 1. The van der Waals surface area contributed by atoms with Gasteiger partial charge in [0, 0.05) is 0 Å². The average molecular weight is 304 g/mol. The largest absolute Gasteiger partial charge is 0.478 e. The van der Waals surface area contributed by atoms with Crippen molar-refractivity contribution in [3.05, 3.63) is 29.1 Å². The maximum atomic E-state index is 13.6. The second-order valence-corrected chi connectivity index (χ2v) is 7.40. The molecule has 0 radical (unpaired) electrons. The summed E-state index contributed by atoms with van der Waals surface area (Å²) >= 11 is 0. The van der Waals surface area contributed by atoms with Crippen molar-refractivity contribution in [1.82, 2.24) is 0 Å². The number of hydrogen-bond acceptors (Lipinski definition) is 4. The molecule has 0 unspecified atom stereocenters. The van der Waals surface area contributed by atoms with Crippen molar-refractivity contribution in [1.29, 1.82) is 0 Å². The fourth-order valence-electron chi connectivity index (χ4n) is 1.57. The summed E-state index contributed by atoms with van der Waals surface area (Å²) in [6.45, 7) is 4.25. The van der Waals surface area contributed by atoms with E-state index in [1.807, 2.05) is 0 Å². The third-order valence-electron chi connectivity index (χ3n) is 2.80. The van der Waals surface area contributed by atoms with Crippen LogP contribution in [0.3, 0.4) is 0 Å². The molecular weight excluding hydrogens is 287 g/mol. The Kier molecular flexibility index (Phi) is 4.55. The van der Waals surface area contributed by atoms with Crippen molar-refractivity contribution in [2.24, 2.45) is 0 Å². The fourth-order valence-corrected chi connectivity index (χ4v) is 3.23. The second kappa shape index (κ2) is 5.49. The standard InChI is InChI=1S/C13H17FO5S/c1-8-6-9(7-10(11(8)14)12(15)16)20(18,19)5-4-13(2,3)17/h6-7,17H,4-5H2,1-3H3,(H,15,16). The number of sulfone groups is 1. The molecule has 0 amide bonds. The van der Waals surface area contributed by atoms with E-state index in [0.29, 0.717) is 0 Å². The van der Waals surface area contributed by atoms with Gasteiger partial charge >= 0.3 is 5.97 Å². The van der Waals surface area contributed by atoms with Crippen molar-refractivity contribution in [3.63, 3.8) is 0 Å². The molecule has 20 heavy (non-hydrogen) atoms. The highest BCUT2D eigenvalue weighted by atomic mass is 32.2. The van der Waals surface area contributed by atoms with E-state index in [1.54, 1.807) is 0 Å². The third-order valence-corrected chi connectivity index (χ3v) is 4.50. The molecule has 0 aliphatic carbocycles. The molecule has 5 nitrogen and oxygen atoms in total. The number of benzene rings is 1. The Hall–Kier alpha value is -1.47. The van der Waals surface area contributed by atoms with E-state index in [2.05, 4.69) is 0 Å². The predicted molar refractivity (Wildman–Crippen MR) is 71.1 cm³/mol. The highest BCUT2D eigenvalue weighted by Crippen LogP contribution is 2.22. The predicted octanol–water partition coefficient (Wildman–Crippen LogP) is 1.77. The second-order valence-electron chi connectivity index (χ2n) is 5.29. The maximum absolute atomic E-state index is 13.6. The highest BCUT2D eigenvalue weighted by molar-refractivity contribution is 7.91. The molecule has 0 saturated carbocycles. The first kappa shape index (κ1) is 16.6. The zero-order valence-corrected chi connectivity index (χ0v) is 12.3. The van der Waals surface area contributed by atoms with Gasteiger partial charge in [-0.2, -0.15) is 0 Å². The summed E-state index contributed by atoms with van der Waals surface area (Å²) in [5.41, 5.74) is -1.88. The molecule has 1 aromatic carbocycles. The molecule has 0 aliphatic rings. The Bertz CT molecular complexity index is 629. The molecule has 0 aliphatic heterocycles. The lowest BCUT2D eigenvalue weighted by Gasteiger charge is -2.17. The zero-order chi connectivity index (χ0) is 15.7. The smallest absolute Gasteiger partial charge is 0.338 e. The highest BCUT2D eigenvalue weighted by Gasteiger charge is 2.24. The fraction of sp³-hybridized carbons (Fsp3) is 0.462. The van der Waals surface area contributed by atoms with Crippen LogP contribution in [0.4, 0.5) is 4.39 Å². The summed E-state index contributed by atoms with van der Waals surface area (Å²) in [5.74, 6) is -2.82. The first-order valence-corrected chi connectivity index (χ1v) is 7.58. The number of halogens is 1. The summed E-state index contributed by atoms with van der Waals surface area (Å²) in [7, 11) is -3.78. The Morgan fingerprint density at radius 3 is 2.35 bits per heavy atom. The van der Waals surface area contributed by atoms with Gasteiger partial charge in [0.05, 0.1) is 21.8 Å². The van der Waals surface area contributed by atoms with Crippen LogP contribution in [0, 0.1) is 12.7 Å². The monoisotopic (exact) mass is 304 g/mol. The molecular formula is C13H17FO5S. The minimum atomic E-state index is -3.78. The minimum Gasteiger partial charge on any atom is -0.478 e. The normalized spacial score (nSPS) is 12.4. The number of aryl methyl sites for hydroxylation is 1. The topological polar surface area (TPSA) is 91.7 Å². The van der Waals surface area contributed by atoms with Gasteiger partial charge in [0.2, 0.25) is 0 Å². The molecule has 1 aromatic rings. The molecule has 0 bridgehead atoms. The number of carboxylic acids is 1. The number of hydrogen-bond donors (Lipinski definition) is 2. The quantitative estimate of drug-likeness (QED) is 0.809. The Morgan fingerprint density at radius 1 is 1.35 bits per heavy atom. The van der Waals surface area contributed by atoms with Gasteiger partial charge in [-0.1, -0.05) is 0 Å². The van der Waals surface area contributed by atoms with E-state index >= 15 is 0 Å². The van der Waals surface area contributed by atoms with Gasteiger partial charge in [-0.15, -0.1) is 0 Å². The first-order chi connectivity index (χ1) is 8.94. The van der Waals surface area contributed by atoms with E-state index in [-0.39, 0.29) is 22.6 Å². The van der Waals surface area contributed by atoms with Crippen molar-refractivity contribution in [3.8, 4) is 0 Å². The molecule has 0 spiro atoms. The van der Waals surface area contributed by atoms with Gasteiger partial charge in [-0.05, 0) is 44.9 Å². The van der Waals surface area contributed by atoms with Crippen LogP contribution in [0.5, 0.6) is 0 Å². The number of aliphatic hydroxyl groups is 1. The van der Waals surface area contributed by atoms with E-state index in [1.165, 1.54) is 20.8 Å². The molecule has 0 fully saturated rings. The number of rotatable bonds is 5. The van der Waals surface area contributed by atoms with Crippen molar-refractivity contribution in [2.45, 2.75) is 37.7 Å². The van der Waals surface area contributed by atoms with Crippen LogP contribution in [0.2, 0.25) is 0 Å². The van der Waals surface area contributed by atoms with Gasteiger partial charge < -0.3 is 10.2 Å². The molecule has 0 heterocycles. The first-order valence-electron chi connectivity index (χ1n) is 5.92. The van der Waals surface area contributed by atoms with Crippen molar-refractivity contribution in [2.75, 3.05) is 5.75 Å². The van der Waals surface area contributed by atoms with Crippen molar-refractivity contribution >= 4 is 15.8 Å². The maximum Gasteiger partial charge on any atom is 0.338 e. The molecule has 112 valence electrons. The molecule has 0 aromatic heterocycles. The van der Waals surface area contributed by atoms with E-state index in [9.17, 15) is 22.7 Å². The molecule has 1 rings (SSSR count). The summed E-state index contributed by atoms with van der Waals surface area (Å²) in [6.07, 6.45) is -0.00579. The van der Waals surface area contributed by atoms with Crippen LogP contribution in [0.1, 0.15) is 36.2 Å². The van der Waals surface area contributed by atoms with E-state index < -0.39 is 32.8 Å². The van der Waals surface area contributed by atoms with Gasteiger partial charge in [0.1, 0.15) is 5.82 Å². The van der Waals surface area contributed by atoms with Gasteiger partial charge in [-0.3, -0.25) is 0 Å². The van der Waals surface area contributed by atoms with E-state index in [0.717, 1.165) is 12.1 Å². The lowest BCUT2D eigenvalue weighted by molar-refractivity contribution is 0.0690. The summed E-state index contributed by atoms with van der Waals surface area (Å²) in [5, 5.41) is 18.4. The lowest BCUT2D eigenvalue weighted by Crippen LogP contribution is -2.23. The lowest BCUT2D eigenvalue weighted by atomic mass is 10.1. The summed E-state index contributed by atoms with van der Waals surface area (Å²) in [6, 6.07) is 1.91. The Balaban J connectivity index is 3.23.